The van der Waals surface area contributed by atoms with Gasteiger partial charge in [-0.15, -0.1) is 0 Å². The van der Waals surface area contributed by atoms with Crippen LogP contribution in [0.25, 0.3) is 0 Å². The standard InChI is InChI=1S/C15H23N3O2S/c19-21(20,17-8-11-18-9-1-2-10-18)15-5-3-4-13-12-16-7-6-14(13)15/h3-5,16-17H,1-2,6-12H2. The lowest BCUT2D eigenvalue weighted by molar-refractivity contribution is 0.344. The van der Waals surface area contributed by atoms with E-state index in [4.69, 9.17) is 0 Å². The average molecular weight is 309 g/mol. The lowest BCUT2D eigenvalue weighted by Crippen LogP contribution is -2.34. The number of likely N-dealkylation sites (tertiary alicyclic amines) is 1. The molecule has 0 bridgehead atoms. The second-order valence-corrected chi connectivity index (χ2v) is 7.50. The van der Waals surface area contributed by atoms with Gasteiger partial charge in [-0.2, -0.15) is 0 Å². The molecule has 2 aliphatic rings. The van der Waals surface area contributed by atoms with Gasteiger partial charge in [-0.05, 0) is 56.1 Å². The molecule has 3 rings (SSSR count). The minimum Gasteiger partial charge on any atom is -0.312 e. The highest BCUT2D eigenvalue weighted by atomic mass is 32.2. The van der Waals surface area contributed by atoms with Crippen molar-refractivity contribution in [2.75, 3.05) is 32.7 Å². The van der Waals surface area contributed by atoms with Gasteiger partial charge in [0, 0.05) is 19.6 Å². The van der Waals surface area contributed by atoms with Gasteiger partial charge in [-0.25, -0.2) is 13.1 Å². The molecule has 0 radical (unpaired) electrons. The minimum atomic E-state index is -3.40. The molecule has 1 fully saturated rings. The zero-order chi connectivity index (χ0) is 14.7. The van der Waals surface area contributed by atoms with Crippen LogP contribution in [0.15, 0.2) is 23.1 Å². The van der Waals surface area contributed by atoms with Crippen LogP contribution in [-0.4, -0.2) is 46.0 Å². The van der Waals surface area contributed by atoms with Gasteiger partial charge < -0.3 is 10.2 Å². The first-order chi connectivity index (χ1) is 10.2. The van der Waals surface area contributed by atoms with E-state index < -0.39 is 10.0 Å². The topological polar surface area (TPSA) is 61.4 Å². The average Bonchev–Trinajstić information content (AvgIpc) is 3.00. The summed E-state index contributed by atoms with van der Waals surface area (Å²) in [5, 5.41) is 3.28. The zero-order valence-corrected chi connectivity index (χ0v) is 13.1. The second-order valence-electron chi connectivity index (χ2n) is 5.77. The number of sulfonamides is 1. The molecule has 6 heteroatoms. The van der Waals surface area contributed by atoms with E-state index in [-0.39, 0.29) is 0 Å². The van der Waals surface area contributed by atoms with Crippen LogP contribution in [0.5, 0.6) is 0 Å². The molecule has 0 atom stereocenters. The van der Waals surface area contributed by atoms with Gasteiger partial charge in [-0.1, -0.05) is 12.1 Å². The van der Waals surface area contributed by atoms with Gasteiger partial charge in [-0.3, -0.25) is 0 Å². The number of hydrogen-bond acceptors (Lipinski definition) is 4. The monoisotopic (exact) mass is 309 g/mol. The van der Waals surface area contributed by atoms with Crippen molar-refractivity contribution in [2.24, 2.45) is 0 Å². The number of rotatable bonds is 5. The molecule has 2 N–H and O–H groups in total. The number of hydrogen-bond donors (Lipinski definition) is 2. The molecule has 21 heavy (non-hydrogen) atoms. The fourth-order valence-corrected chi connectivity index (χ4v) is 4.50. The maximum Gasteiger partial charge on any atom is 0.240 e. The molecule has 1 aromatic carbocycles. The highest BCUT2D eigenvalue weighted by Crippen LogP contribution is 2.22. The molecule has 0 unspecified atom stereocenters. The van der Waals surface area contributed by atoms with Crippen molar-refractivity contribution in [3.8, 4) is 0 Å². The van der Waals surface area contributed by atoms with E-state index in [1.165, 1.54) is 12.8 Å². The van der Waals surface area contributed by atoms with Crippen molar-refractivity contribution in [3.63, 3.8) is 0 Å². The lowest BCUT2D eigenvalue weighted by Gasteiger charge is -2.21. The fourth-order valence-electron chi connectivity index (χ4n) is 3.17. The maximum absolute atomic E-state index is 12.5. The summed E-state index contributed by atoms with van der Waals surface area (Å²) in [6.07, 6.45) is 3.23. The first-order valence-electron chi connectivity index (χ1n) is 7.70. The van der Waals surface area contributed by atoms with Crippen molar-refractivity contribution in [1.29, 1.82) is 0 Å². The van der Waals surface area contributed by atoms with Crippen molar-refractivity contribution in [1.82, 2.24) is 14.9 Å². The van der Waals surface area contributed by atoms with Crippen LogP contribution in [0.1, 0.15) is 24.0 Å². The van der Waals surface area contributed by atoms with Crippen molar-refractivity contribution < 1.29 is 8.42 Å². The van der Waals surface area contributed by atoms with Gasteiger partial charge in [0.05, 0.1) is 4.90 Å². The zero-order valence-electron chi connectivity index (χ0n) is 12.3. The Hall–Kier alpha value is -0.950. The van der Waals surface area contributed by atoms with Crippen LogP contribution in [0, 0.1) is 0 Å². The van der Waals surface area contributed by atoms with Crippen LogP contribution in [0.4, 0.5) is 0 Å². The van der Waals surface area contributed by atoms with E-state index in [2.05, 4.69) is 14.9 Å². The third kappa shape index (κ3) is 3.45. The van der Waals surface area contributed by atoms with Crippen molar-refractivity contribution >= 4 is 10.0 Å². The maximum atomic E-state index is 12.5. The molecule has 2 aliphatic heterocycles. The molecule has 0 aromatic heterocycles. The SMILES string of the molecule is O=S(=O)(NCCN1CCCC1)c1cccc2c1CCNC2. The summed E-state index contributed by atoms with van der Waals surface area (Å²) in [5.41, 5.74) is 2.08. The Morgan fingerprint density at radius 3 is 2.86 bits per heavy atom. The molecule has 0 spiro atoms. The van der Waals surface area contributed by atoms with Crippen LogP contribution in [0.2, 0.25) is 0 Å². The Morgan fingerprint density at radius 2 is 2.05 bits per heavy atom. The Labute approximate surface area is 126 Å². The molecule has 1 saturated heterocycles. The Balaban J connectivity index is 1.69. The second kappa shape index (κ2) is 6.44. The molecule has 1 aromatic rings. The minimum absolute atomic E-state index is 0.461. The summed E-state index contributed by atoms with van der Waals surface area (Å²) >= 11 is 0. The van der Waals surface area contributed by atoms with E-state index in [9.17, 15) is 8.42 Å². The Kier molecular flexibility index (Phi) is 4.59. The molecule has 116 valence electrons. The fraction of sp³-hybridized carbons (Fsp3) is 0.600. The lowest BCUT2D eigenvalue weighted by atomic mass is 10.0. The Morgan fingerprint density at radius 1 is 1.24 bits per heavy atom. The largest absolute Gasteiger partial charge is 0.312 e. The van der Waals surface area contributed by atoms with Gasteiger partial charge >= 0.3 is 0 Å². The molecule has 0 saturated carbocycles. The number of benzene rings is 1. The molecular weight excluding hydrogens is 286 g/mol. The molecule has 0 amide bonds. The van der Waals surface area contributed by atoms with Gasteiger partial charge in [0.1, 0.15) is 0 Å². The molecule has 2 heterocycles. The third-order valence-corrected chi connectivity index (χ3v) is 5.85. The third-order valence-electron chi connectivity index (χ3n) is 4.31. The van der Waals surface area contributed by atoms with E-state index in [0.29, 0.717) is 11.4 Å². The van der Waals surface area contributed by atoms with Crippen LogP contribution >= 0.6 is 0 Å². The summed E-state index contributed by atoms with van der Waals surface area (Å²) in [6, 6.07) is 5.56. The van der Waals surface area contributed by atoms with Gasteiger partial charge in [0.15, 0.2) is 0 Å². The quantitative estimate of drug-likeness (QED) is 0.841. The van der Waals surface area contributed by atoms with E-state index in [0.717, 1.165) is 50.3 Å². The van der Waals surface area contributed by atoms with Gasteiger partial charge in [0.25, 0.3) is 0 Å². The Bertz CT molecular complexity index is 595. The summed E-state index contributed by atoms with van der Waals surface area (Å²) in [5.74, 6) is 0. The first kappa shape index (κ1) is 15.0. The smallest absolute Gasteiger partial charge is 0.240 e. The van der Waals surface area contributed by atoms with Crippen molar-refractivity contribution in [2.45, 2.75) is 30.7 Å². The van der Waals surface area contributed by atoms with Gasteiger partial charge in [0.2, 0.25) is 10.0 Å². The number of fused-ring (bicyclic) bond motifs is 1. The van der Waals surface area contributed by atoms with E-state index >= 15 is 0 Å². The molecule has 5 nitrogen and oxygen atoms in total. The number of nitrogens with one attached hydrogen (secondary N) is 2. The molecular formula is C15H23N3O2S. The predicted octanol–water partition coefficient (Wildman–Crippen LogP) is 0.706. The predicted molar refractivity (Wildman–Crippen MR) is 82.7 cm³/mol. The highest BCUT2D eigenvalue weighted by Gasteiger charge is 2.22. The van der Waals surface area contributed by atoms with Crippen LogP contribution < -0.4 is 10.0 Å². The molecule has 0 aliphatic carbocycles. The van der Waals surface area contributed by atoms with E-state index in [1.54, 1.807) is 6.07 Å². The van der Waals surface area contributed by atoms with Crippen LogP contribution in [0.3, 0.4) is 0 Å². The highest BCUT2D eigenvalue weighted by molar-refractivity contribution is 7.89. The van der Waals surface area contributed by atoms with Crippen molar-refractivity contribution in [3.05, 3.63) is 29.3 Å². The normalized spacial score (nSPS) is 19.6. The first-order valence-corrected chi connectivity index (χ1v) is 9.19. The summed E-state index contributed by atoms with van der Waals surface area (Å²) in [6.45, 7) is 5.07. The van der Waals surface area contributed by atoms with E-state index in [1.807, 2.05) is 12.1 Å². The summed E-state index contributed by atoms with van der Waals surface area (Å²) in [4.78, 5) is 2.77. The summed E-state index contributed by atoms with van der Waals surface area (Å²) in [7, 11) is -3.40. The summed E-state index contributed by atoms with van der Waals surface area (Å²) < 4.78 is 27.8. The van der Waals surface area contributed by atoms with Crippen LogP contribution in [-0.2, 0) is 23.0 Å². The number of nitrogens with zero attached hydrogens (tertiary/aromatic N) is 1.